The molecule has 14 heavy (non-hydrogen) atoms. The van der Waals surface area contributed by atoms with Gasteiger partial charge < -0.3 is 9.99 Å². The highest BCUT2D eigenvalue weighted by atomic mass is 15.3. The second kappa shape index (κ2) is 3.48. The summed E-state index contributed by atoms with van der Waals surface area (Å²) in [5.74, 6) is 0.684. The first-order valence-electron chi connectivity index (χ1n) is 5.13. The zero-order valence-electron chi connectivity index (χ0n) is 9.04. The zero-order chi connectivity index (χ0) is 10.1. The maximum absolute atomic E-state index is 4.06. The summed E-state index contributed by atoms with van der Waals surface area (Å²) in [5, 5.41) is 4.06. The van der Waals surface area contributed by atoms with Crippen molar-refractivity contribution in [3.8, 4) is 0 Å². The Morgan fingerprint density at radius 1 is 1.57 bits per heavy atom. The number of aromatic nitrogens is 1. The van der Waals surface area contributed by atoms with E-state index in [1.54, 1.807) is 0 Å². The minimum atomic E-state index is 0.684. The Labute approximate surface area is 84.8 Å². The zero-order valence-corrected chi connectivity index (χ0v) is 9.04. The van der Waals surface area contributed by atoms with Crippen molar-refractivity contribution >= 4 is 6.21 Å². The van der Waals surface area contributed by atoms with Crippen LogP contribution in [-0.4, -0.2) is 10.8 Å². The van der Waals surface area contributed by atoms with E-state index in [4.69, 9.17) is 0 Å². The fraction of sp³-hybridized carbons (Fsp3) is 0.545. The highest BCUT2D eigenvalue weighted by molar-refractivity contribution is 5.82. The highest BCUT2D eigenvalue weighted by Crippen LogP contribution is 2.18. The van der Waals surface area contributed by atoms with E-state index in [1.165, 1.54) is 17.0 Å². The van der Waals surface area contributed by atoms with Crippen molar-refractivity contribution in [3.63, 3.8) is 0 Å². The minimum Gasteiger partial charge on any atom is -0.346 e. The van der Waals surface area contributed by atoms with Crippen LogP contribution in [0, 0.1) is 12.8 Å². The van der Waals surface area contributed by atoms with E-state index in [2.05, 4.69) is 41.9 Å². The number of aryl methyl sites for hydroxylation is 1. The first-order chi connectivity index (χ1) is 6.68. The summed E-state index contributed by atoms with van der Waals surface area (Å²) in [4.78, 5) is 0. The predicted molar refractivity (Wildman–Crippen MR) is 58.4 cm³/mol. The first-order valence-corrected chi connectivity index (χ1v) is 5.13. The lowest BCUT2D eigenvalue weighted by molar-refractivity contribution is 0.495. The highest BCUT2D eigenvalue weighted by Gasteiger charge is 2.14. The van der Waals surface area contributed by atoms with Gasteiger partial charge in [0.1, 0.15) is 0 Å². The quantitative estimate of drug-likeness (QED) is 0.760. The Balaban J connectivity index is 2.38. The van der Waals surface area contributed by atoms with Gasteiger partial charge >= 0.3 is 0 Å². The summed E-state index contributed by atoms with van der Waals surface area (Å²) in [6.45, 7) is 8.60. The molecular weight excluding hydrogens is 174 g/mol. The smallest absolute Gasteiger partial charge is 0.0738 e. The van der Waals surface area contributed by atoms with Crippen molar-refractivity contribution in [1.82, 2.24) is 9.99 Å². The van der Waals surface area contributed by atoms with E-state index in [0.29, 0.717) is 5.92 Å². The molecule has 3 heteroatoms. The molecule has 0 bridgehead atoms. The molecule has 0 saturated carbocycles. The number of nitrogens with one attached hydrogen (secondary N) is 1. The van der Waals surface area contributed by atoms with Crippen LogP contribution in [0.2, 0.25) is 0 Å². The molecule has 0 atom stereocenters. The largest absolute Gasteiger partial charge is 0.346 e. The molecule has 0 fully saturated rings. The molecule has 2 rings (SSSR count). The monoisotopic (exact) mass is 191 g/mol. The molecule has 1 aromatic rings. The third kappa shape index (κ3) is 1.54. The average Bonchev–Trinajstić information content (AvgIpc) is 2.43. The average molecular weight is 191 g/mol. The number of hydrogen-bond acceptors (Lipinski definition) is 2. The molecule has 0 spiro atoms. The Kier molecular flexibility index (Phi) is 2.32. The fourth-order valence-electron chi connectivity index (χ4n) is 1.92. The molecule has 1 N–H and O–H groups in total. The SMILES string of the molecule is Cc1cc2c(n1CC(C)C)CNN=C2. The lowest BCUT2D eigenvalue weighted by Crippen LogP contribution is -2.18. The van der Waals surface area contributed by atoms with E-state index in [0.717, 1.165) is 13.1 Å². The number of hydrazone groups is 1. The van der Waals surface area contributed by atoms with Gasteiger partial charge in [-0.3, -0.25) is 0 Å². The molecule has 0 unspecified atom stereocenters. The van der Waals surface area contributed by atoms with Gasteiger partial charge in [0, 0.05) is 23.5 Å². The van der Waals surface area contributed by atoms with Gasteiger partial charge in [-0.15, -0.1) is 0 Å². The lowest BCUT2D eigenvalue weighted by Gasteiger charge is -2.16. The van der Waals surface area contributed by atoms with Crippen LogP contribution in [0.15, 0.2) is 11.2 Å². The van der Waals surface area contributed by atoms with Crippen molar-refractivity contribution < 1.29 is 0 Å². The summed E-state index contributed by atoms with van der Waals surface area (Å²) in [5.41, 5.74) is 6.98. The van der Waals surface area contributed by atoms with Crippen LogP contribution in [0.3, 0.4) is 0 Å². The number of rotatable bonds is 2. The van der Waals surface area contributed by atoms with Crippen molar-refractivity contribution in [2.24, 2.45) is 11.0 Å². The molecular formula is C11H17N3. The van der Waals surface area contributed by atoms with Crippen molar-refractivity contribution in [1.29, 1.82) is 0 Å². The molecule has 0 aliphatic carbocycles. The van der Waals surface area contributed by atoms with E-state index >= 15 is 0 Å². The second-order valence-corrected chi connectivity index (χ2v) is 4.29. The Morgan fingerprint density at radius 3 is 3.07 bits per heavy atom. The predicted octanol–water partition coefficient (Wildman–Crippen LogP) is 1.89. The third-order valence-electron chi connectivity index (χ3n) is 2.54. The van der Waals surface area contributed by atoms with Crippen molar-refractivity contribution in [2.75, 3.05) is 0 Å². The summed E-state index contributed by atoms with van der Waals surface area (Å²) in [7, 11) is 0. The molecule has 0 saturated heterocycles. The molecule has 1 aliphatic heterocycles. The van der Waals surface area contributed by atoms with Crippen LogP contribution in [0.1, 0.15) is 30.8 Å². The van der Waals surface area contributed by atoms with Gasteiger partial charge in [-0.25, -0.2) is 0 Å². The molecule has 76 valence electrons. The van der Waals surface area contributed by atoms with Crippen molar-refractivity contribution in [3.05, 3.63) is 23.0 Å². The molecule has 1 aliphatic rings. The van der Waals surface area contributed by atoms with Gasteiger partial charge in [-0.05, 0) is 18.9 Å². The first kappa shape index (κ1) is 9.31. The minimum absolute atomic E-state index is 0.684. The molecule has 1 aromatic heterocycles. The van der Waals surface area contributed by atoms with E-state index in [9.17, 15) is 0 Å². The van der Waals surface area contributed by atoms with Gasteiger partial charge in [-0.1, -0.05) is 13.8 Å². The number of fused-ring (bicyclic) bond motifs is 1. The van der Waals surface area contributed by atoms with Gasteiger partial charge in [0.25, 0.3) is 0 Å². The van der Waals surface area contributed by atoms with Crippen molar-refractivity contribution in [2.45, 2.75) is 33.9 Å². The van der Waals surface area contributed by atoms with Crippen LogP contribution in [0.5, 0.6) is 0 Å². The Bertz CT molecular complexity index is 361. The van der Waals surface area contributed by atoms with Crippen LogP contribution in [0.4, 0.5) is 0 Å². The molecule has 0 radical (unpaired) electrons. The van der Waals surface area contributed by atoms with E-state index in [1.807, 2.05) is 6.21 Å². The third-order valence-corrected chi connectivity index (χ3v) is 2.54. The molecule has 3 nitrogen and oxygen atoms in total. The van der Waals surface area contributed by atoms with Crippen LogP contribution < -0.4 is 5.43 Å². The summed E-state index contributed by atoms with van der Waals surface area (Å²) >= 11 is 0. The topological polar surface area (TPSA) is 29.3 Å². The lowest BCUT2D eigenvalue weighted by atomic mass is 10.2. The molecule has 2 heterocycles. The van der Waals surface area contributed by atoms with Gasteiger partial charge in [-0.2, -0.15) is 5.10 Å². The van der Waals surface area contributed by atoms with E-state index < -0.39 is 0 Å². The number of hydrogen-bond donors (Lipinski definition) is 1. The van der Waals surface area contributed by atoms with Crippen LogP contribution in [0.25, 0.3) is 0 Å². The standard InChI is InChI=1S/C11H17N3/c1-8(2)7-14-9(3)4-10-5-12-13-6-11(10)14/h4-5,8,13H,6-7H2,1-3H3. The summed E-state index contributed by atoms with van der Waals surface area (Å²) in [6.07, 6.45) is 1.91. The van der Waals surface area contributed by atoms with Crippen LogP contribution >= 0.6 is 0 Å². The summed E-state index contributed by atoms with van der Waals surface area (Å²) in [6, 6.07) is 2.21. The van der Waals surface area contributed by atoms with Gasteiger partial charge in [0.15, 0.2) is 0 Å². The van der Waals surface area contributed by atoms with Crippen LogP contribution in [-0.2, 0) is 13.1 Å². The maximum atomic E-state index is 4.06. The van der Waals surface area contributed by atoms with Gasteiger partial charge in [0.05, 0.1) is 12.8 Å². The number of nitrogens with zero attached hydrogens (tertiary/aromatic N) is 2. The molecule has 0 aromatic carbocycles. The second-order valence-electron chi connectivity index (χ2n) is 4.29. The van der Waals surface area contributed by atoms with Gasteiger partial charge in [0.2, 0.25) is 0 Å². The molecule has 0 amide bonds. The Morgan fingerprint density at radius 2 is 2.36 bits per heavy atom. The summed E-state index contributed by atoms with van der Waals surface area (Å²) < 4.78 is 2.39. The fourth-order valence-corrected chi connectivity index (χ4v) is 1.92. The normalized spacial score (nSPS) is 14.3. The Hall–Kier alpha value is -1.25. The van der Waals surface area contributed by atoms with E-state index in [-0.39, 0.29) is 0 Å². The maximum Gasteiger partial charge on any atom is 0.0738 e.